The van der Waals surface area contributed by atoms with E-state index in [4.69, 9.17) is 10.5 Å². The van der Waals surface area contributed by atoms with Crippen molar-refractivity contribution in [2.75, 3.05) is 45.9 Å². The molecule has 3 rings (SSSR count). The van der Waals surface area contributed by atoms with E-state index in [1.165, 1.54) is 50.9 Å². The number of nitrogens with two attached hydrogens (primary N) is 1. The lowest BCUT2D eigenvalue weighted by molar-refractivity contribution is 0.171. The highest BCUT2D eigenvalue weighted by Gasteiger charge is 2.18. The van der Waals surface area contributed by atoms with Crippen molar-refractivity contribution in [3.05, 3.63) is 29.8 Å². The Labute approximate surface area is 140 Å². The molecule has 2 fully saturated rings. The van der Waals surface area contributed by atoms with Crippen LogP contribution < -0.4 is 10.5 Å². The summed E-state index contributed by atoms with van der Waals surface area (Å²) < 4.78 is 5.88. The number of rotatable bonds is 7. The van der Waals surface area contributed by atoms with Crippen LogP contribution in [0.4, 0.5) is 0 Å². The quantitative estimate of drug-likeness (QED) is 0.838. The summed E-state index contributed by atoms with van der Waals surface area (Å²) in [6, 6.07) is 8.64. The van der Waals surface area contributed by atoms with Gasteiger partial charge in [-0.2, -0.15) is 0 Å². The molecule has 4 heteroatoms. The molecule has 0 radical (unpaired) electrons. The summed E-state index contributed by atoms with van der Waals surface area (Å²) in [4.78, 5) is 5.02. The van der Waals surface area contributed by atoms with E-state index in [0.29, 0.717) is 5.92 Å². The molecule has 1 aromatic carbocycles. The number of likely N-dealkylation sites (tertiary alicyclic amines) is 2. The Morgan fingerprint density at radius 2 is 1.74 bits per heavy atom. The maximum absolute atomic E-state index is 5.88. The van der Waals surface area contributed by atoms with Gasteiger partial charge in [-0.25, -0.2) is 0 Å². The molecule has 0 amide bonds. The summed E-state index contributed by atoms with van der Waals surface area (Å²) in [7, 11) is 0. The standard InChI is InChI=1S/C19H31N3O/c20-14-18-4-3-11-22(16-18)15-17-5-7-19(8-6-17)23-13-12-21-9-1-2-10-21/h5-8,18H,1-4,9-16,20H2. The summed E-state index contributed by atoms with van der Waals surface area (Å²) in [5, 5.41) is 0. The Hall–Kier alpha value is -1.10. The van der Waals surface area contributed by atoms with E-state index in [1.807, 2.05) is 0 Å². The van der Waals surface area contributed by atoms with Crippen molar-refractivity contribution in [2.24, 2.45) is 11.7 Å². The fraction of sp³-hybridized carbons (Fsp3) is 0.684. The Balaban J connectivity index is 1.41. The van der Waals surface area contributed by atoms with E-state index in [-0.39, 0.29) is 0 Å². The predicted molar refractivity (Wildman–Crippen MR) is 94.7 cm³/mol. The molecule has 2 aliphatic heterocycles. The first-order chi connectivity index (χ1) is 11.3. The number of benzene rings is 1. The molecule has 0 bridgehead atoms. The van der Waals surface area contributed by atoms with Gasteiger partial charge in [0.2, 0.25) is 0 Å². The van der Waals surface area contributed by atoms with Crippen molar-refractivity contribution < 1.29 is 4.74 Å². The molecule has 1 atom stereocenters. The van der Waals surface area contributed by atoms with Crippen LogP contribution in [0.15, 0.2) is 24.3 Å². The van der Waals surface area contributed by atoms with Gasteiger partial charge in [-0.1, -0.05) is 12.1 Å². The predicted octanol–water partition coefficient (Wildman–Crippen LogP) is 2.33. The number of hydrogen-bond donors (Lipinski definition) is 1. The van der Waals surface area contributed by atoms with Crippen molar-refractivity contribution >= 4 is 0 Å². The molecule has 1 aromatic rings. The fourth-order valence-corrected chi connectivity index (χ4v) is 3.74. The van der Waals surface area contributed by atoms with Gasteiger partial charge in [0.25, 0.3) is 0 Å². The van der Waals surface area contributed by atoms with Gasteiger partial charge >= 0.3 is 0 Å². The molecular weight excluding hydrogens is 286 g/mol. The lowest BCUT2D eigenvalue weighted by Gasteiger charge is -2.32. The highest BCUT2D eigenvalue weighted by Crippen LogP contribution is 2.19. The number of hydrogen-bond acceptors (Lipinski definition) is 4. The van der Waals surface area contributed by atoms with Crippen molar-refractivity contribution in [3.8, 4) is 5.75 Å². The minimum atomic E-state index is 0.678. The van der Waals surface area contributed by atoms with Gasteiger partial charge in [-0.15, -0.1) is 0 Å². The summed E-state index contributed by atoms with van der Waals surface area (Å²) in [5.41, 5.74) is 7.19. The third-order valence-corrected chi connectivity index (χ3v) is 5.14. The third-order valence-electron chi connectivity index (χ3n) is 5.14. The Bertz CT molecular complexity index is 456. The van der Waals surface area contributed by atoms with Crippen LogP contribution >= 0.6 is 0 Å². The molecule has 2 aliphatic rings. The molecule has 2 N–H and O–H groups in total. The molecule has 0 spiro atoms. The molecule has 0 aliphatic carbocycles. The van der Waals surface area contributed by atoms with Crippen LogP contribution in [0.5, 0.6) is 5.75 Å². The zero-order valence-electron chi connectivity index (χ0n) is 14.3. The summed E-state index contributed by atoms with van der Waals surface area (Å²) in [5.74, 6) is 1.67. The van der Waals surface area contributed by atoms with Crippen LogP contribution in [0.1, 0.15) is 31.2 Å². The van der Waals surface area contributed by atoms with E-state index in [9.17, 15) is 0 Å². The van der Waals surface area contributed by atoms with Gasteiger partial charge in [0.15, 0.2) is 0 Å². The molecule has 0 aromatic heterocycles. The van der Waals surface area contributed by atoms with Crippen molar-refractivity contribution in [3.63, 3.8) is 0 Å². The Morgan fingerprint density at radius 1 is 1.00 bits per heavy atom. The van der Waals surface area contributed by atoms with Crippen molar-refractivity contribution in [1.82, 2.24) is 9.80 Å². The monoisotopic (exact) mass is 317 g/mol. The molecule has 2 saturated heterocycles. The van der Waals surface area contributed by atoms with Gasteiger partial charge in [0.05, 0.1) is 0 Å². The van der Waals surface area contributed by atoms with E-state index in [0.717, 1.165) is 38.5 Å². The molecule has 2 heterocycles. The largest absolute Gasteiger partial charge is 0.492 e. The normalized spacial score (nSPS) is 23.3. The minimum Gasteiger partial charge on any atom is -0.492 e. The maximum atomic E-state index is 5.88. The minimum absolute atomic E-state index is 0.678. The second-order valence-electron chi connectivity index (χ2n) is 7.02. The summed E-state index contributed by atoms with van der Waals surface area (Å²) in [6.45, 7) is 8.52. The lowest BCUT2D eigenvalue weighted by atomic mass is 9.98. The van der Waals surface area contributed by atoms with Gasteiger partial charge in [0.1, 0.15) is 12.4 Å². The highest BCUT2D eigenvalue weighted by atomic mass is 16.5. The van der Waals surface area contributed by atoms with Gasteiger partial charge in [-0.3, -0.25) is 9.80 Å². The number of nitrogens with zero attached hydrogens (tertiary/aromatic N) is 2. The molecule has 128 valence electrons. The van der Waals surface area contributed by atoms with Gasteiger partial charge in [-0.05, 0) is 75.5 Å². The average molecular weight is 317 g/mol. The molecular formula is C19H31N3O. The highest BCUT2D eigenvalue weighted by molar-refractivity contribution is 5.27. The third kappa shape index (κ3) is 5.20. The molecule has 4 nitrogen and oxygen atoms in total. The zero-order chi connectivity index (χ0) is 15.9. The Morgan fingerprint density at radius 3 is 2.48 bits per heavy atom. The fourth-order valence-electron chi connectivity index (χ4n) is 3.74. The molecule has 23 heavy (non-hydrogen) atoms. The topological polar surface area (TPSA) is 41.7 Å². The smallest absolute Gasteiger partial charge is 0.119 e. The molecule has 0 saturated carbocycles. The Kier molecular flexibility index (Phi) is 6.31. The second kappa shape index (κ2) is 8.67. The van der Waals surface area contributed by atoms with Crippen LogP contribution in [0.3, 0.4) is 0 Å². The summed E-state index contributed by atoms with van der Waals surface area (Å²) in [6.07, 6.45) is 5.25. The van der Waals surface area contributed by atoms with E-state index >= 15 is 0 Å². The van der Waals surface area contributed by atoms with Crippen molar-refractivity contribution in [1.29, 1.82) is 0 Å². The average Bonchev–Trinajstić information content (AvgIpc) is 3.10. The van der Waals surface area contributed by atoms with Crippen LogP contribution in [-0.4, -0.2) is 55.7 Å². The first kappa shape index (κ1) is 16.7. The number of piperidine rings is 1. The van der Waals surface area contributed by atoms with E-state index in [1.54, 1.807) is 0 Å². The SMILES string of the molecule is NCC1CCCN(Cc2ccc(OCCN3CCCC3)cc2)C1. The molecule has 1 unspecified atom stereocenters. The second-order valence-corrected chi connectivity index (χ2v) is 7.02. The zero-order valence-corrected chi connectivity index (χ0v) is 14.3. The van der Waals surface area contributed by atoms with E-state index in [2.05, 4.69) is 34.1 Å². The van der Waals surface area contributed by atoms with Gasteiger partial charge < -0.3 is 10.5 Å². The van der Waals surface area contributed by atoms with Crippen LogP contribution in [0.2, 0.25) is 0 Å². The van der Waals surface area contributed by atoms with Crippen molar-refractivity contribution in [2.45, 2.75) is 32.2 Å². The first-order valence-corrected chi connectivity index (χ1v) is 9.20. The van der Waals surface area contributed by atoms with Gasteiger partial charge in [0, 0.05) is 19.6 Å². The van der Waals surface area contributed by atoms with E-state index < -0.39 is 0 Å². The van der Waals surface area contributed by atoms with Crippen LogP contribution in [-0.2, 0) is 6.54 Å². The number of ether oxygens (including phenoxy) is 1. The first-order valence-electron chi connectivity index (χ1n) is 9.20. The lowest BCUT2D eigenvalue weighted by Crippen LogP contribution is -2.37. The van der Waals surface area contributed by atoms with Crippen LogP contribution in [0.25, 0.3) is 0 Å². The van der Waals surface area contributed by atoms with Crippen LogP contribution in [0, 0.1) is 5.92 Å². The summed E-state index contributed by atoms with van der Waals surface area (Å²) >= 11 is 0. The maximum Gasteiger partial charge on any atom is 0.119 e.